The van der Waals surface area contributed by atoms with Crippen LogP contribution in [0.2, 0.25) is 0 Å². The number of carbonyl (C=O) groups excluding carboxylic acids is 1. The first-order chi connectivity index (χ1) is 11.6. The smallest absolute Gasteiger partial charge is 0.233 e. The van der Waals surface area contributed by atoms with Crippen molar-refractivity contribution in [3.05, 3.63) is 5.82 Å². The summed E-state index contributed by atoms with van der Waals surface area (Å²) in [6.07, 6.45) is 8.23. The topological polar surface area (TPSA) is 59.8 Å². The van der Waals surface area contributed by atoms with Crippen LogP contribution in [0.1, 0.15) is 65.1 Å². The van der Waals surface area contributed by atoms with E-state index in [0.29, 0.717) is 17.9 Å². The van der Waals surface area contributed by atoms with Crippen molar-refractivity contribution in [1.29, 1.82) is 0 Å². The zero-order valence-electron chi connectivity index (χ0n) is 15.1. The Balaban J connectivity index is 1.59. The molecule has 0 bridgehead atoms. The summed E-state index contributed by atoms with van der Waals surface area (Å²) in [4.78, 5) is 12.6. The van der Waals surface area contributed by atoms with Crippen molar-refractivity contribution in [2.24, 2.45) is 11.8 Å². The van der Waals surface area contributed by atoms with Gasteiger partial charge < -0.3 is 9.88 Å². The van der Waals surface area contributed by atoms with Crippen molar-refractivity contribution in [2.75, 3.05) is 0 Å². The van der Waals surface area contributed by atoms with Gasteiger partial charge in [-0.2, -0.15) is 0 Å². The molecule has 5 nitrogen and oxygen atoms in total. The van der Waals surface area contributed by atoms with Gasteiger partial charge in [0.1, 0.15) is 5.82 Å². The molecular formula is C18H30N4OS. The Morgan fingerprint density at radius 3 is 2.88 bits per heavy atom. The number of thioether (sulfide) groups is 1. The van der Waals surface area contributed by atoms with Gasteiger partial charge in [-0.3, -0.25) is 4.79 Å². The number of rotatable bonds is 4. The summed E-state index contributed by atoms with van der Waals surface area (Å²) in [5, 5.41) is 12.7. The molecule has 2 aliphatic rings. The number of aromatic nitrogens is 3. The van der Waals surface area contributed by atoms with Crippen molar-refractivity contribution >= 4 is 17.7 Å². The maximum atomic E-state index is 12.6. The van der Waals surface area contributed by atoms with Gasteiger partial charge in [0.2, 0.25) is 5.91 Å². The number of nitrogens with one attached hydrogen (secondary N) is 1. The lowest BCUT2D eigenvalue weighted by Gasteiger charge is -2.35. The highest BCUT2D eigenvalue weighted by atomic mass is 32.2. The third-order valence-corrected chi connectivity index (χ3v) is 6.84. The number of hydrogen-bond acceptors (Lipinski definition) is 4. The Morgan fingerprint density at radius 1 is 1.21 bits per heavy atom. The summed E-state index contributed by atoms with van der Waals surface area (Å²) in [7, 11) is 0. The maximum absolute atomic E-state index is 12.6. The van der Waals surface area contributed by atoms with E-state index in [1.807, 2.05) is 6.92 Å². The molecule has 1 aromatic rings. The van der Waals surface area contributed by atoms with E-state index in [2.05, 4.69) is 33.9 Å². The molecule has 134 valence electrons. The molecule has 1 aliphatic heterocycles. The van der Waals surface area contributed by atoms with E-state index >= 15 is 0 Å². The minimum Gasteiger partial charge on any atom is -0.352 e. The third kappa shape index (κ3) is 3.95. The van der Waals surface area contributed by atoms with Crippen LogP contribution >= 0.6 is 11.8 Å². The molecule has 1 amide bonds. The highest BCUT2D eigenvalue weighted by molar-refractivity contribution is 8.00. The Hall–Kier alpha value is -1.04. The molecule has 0 spiro atoms. The quantitative estimate of drug-likeness (QED) is 0.845. The van der Waals surface area contributed by atoms with Crippen LogP contribution in [0, 0.1) is 11.8 Å². The molecule has 2 heterocycles. The van der Waals surface area contributed by atoms with E-state index in [-0.39, 0.29) is 11.2 Å². The number of aryl methyl sites for hydroxylation is 1. The van der Waals surface area contributed by atoms with Gasteiger partial charge in [0, 0.05) is 19.0 Å². The van der Waals surface area contributed by atoms with E-state index < -0.39 is 0 Å². The number of hydrogen-bond donors (Lipinski definition) is 1. The first-order valence-corrected chi connectivity index (χ1v) is 10.3. The lowest BCUT2D eigenvalue weighted by molar-refractivity contribution is -0.121. The van der Waals surface area contributed by atoms with Crippen molar-refractivity contribution < 1.29 is 4.79 Å². The fourth-order valence-electron chi connectivity index (χ4n) is 3.84. The Morgan fingerprint density at radius 2 is 2.04 bits per heavy atom. The Bertz CT molecular complexity index is 573. The molecule has 0 unspecified atom stereocenters. The highest BCUT2D eigenvalue weighted by Crippen LogP contribution is 2.30. The molecule has 1 saturated carbocycles. The van der Waals surface area contributed by atoms with Gasteiger partial charge in [0.05, 0.1) is 5.25 Å². The molecule has 0 saturated heterocycles. The van der Waals surface area contributed by atoms with Crippen LogP contribution in [-0.4, -0.2) is 32.0 Å². The van der Waals surface area contributed by atoms with Crippen LogP contribution < -0.4 is 5.32 Å². The summed E-state index contributed by atoms with van der Waals surface area (Å²) in [6.45, 7) is 7.53. The fraction of sp³-hybridized carbons (Fsp3) is 0.833. The van der Waals surface area contributed by atoms with Crippen LogP contribution in [0.4, 0.5) is 0 Å². The molecule has 0 radical (unpaired) electrons. The van der Waals surface area contributed by atoms with Gasteiger partial charge in [-0.15, -0.1) is 10.2 Å². The molecule has 3 rings (SSSR count). The lowest BCUT2D eigenvalue weighted by atomic mass is 9.78. The molecule has 0 aromatic carbocycles. The number of amides is 1. The van der Waals surface area contributed by atoms with Crippen LogP contribution in [0.3, 0.4) is 0 Å². The Labute approximate surface area is 149 Å². The number of carbonyl (C=O) groups is 1. The largest absolute Gasteiger partial charge is 0.352 e. The summed E-state index contributed by atoms with van der Waals surface area (Å²) in [5.41, 5.74) is 0. The molecule has 1 aliphatic carbocycles. The summed E-state index contributed by atoms with van der Waals surface area (Å²) < 4.78 is 2.22. The summed E-state index contributed by atoms with van der Waals surface area (Å²) in [5.74, 6) is 2.47. The average molecular weight is 351 g/mol. The van der Waals surface area contributed by atoms with Gasteiger partial charge in [-0.25, -0.2) is 0 Å². The second-order valence-electron chi connectivity index (χ2n) is 7.50. The van der Waals surface area contributed by atoms with E-state index in [1.165, 1.54) is 32.1 Å². The van der Waals surface area contributed by atoms with E-state index in [0.717, 1.165) is 30.4 Å². The van der Waals surface area contributed by atoms with Crippen LogP contribution in [-0.2, 0) is 17.8 Å². The van der Waals surface area contributed by atoms with Crippen LogP contribution in [0.25, 0.3) is 0 Å². The van der Waals surface area contributed by atoms with E-state index in [9.17, 15) is 4.79 Å². The molecule has 4 atom stereocenters. The molecule has 24 heavy (non-hydrogen) atoms. The van der Waals surface area contributed by atoms with Crippen LogP contribution in [0.5, 0.6) is 0 Å². The fourth-order valence-corrected chi connectivity index (χ4v) is 4.75. The SMILES string of the molecule is C[C@@H]1[C@@H](C)CCC[C@H]1NC(=O)[C@@H](C)Sc1nnc2n1CCCCC2. The maximum Gasteiger partial charge on any atom is 0.233 e. The first-order valence-electron chi connectivity index (χ1n) is 9.45. The molecule has 1 N–H and O–H groups in total. The predicted octanol–water partition coefficient (Wildman–Crippen LogP) is 3.43. The zero-order valence-corrected chi connectivity index (χ0v) is 15.9. The van der Waals surface area contributed by atoms with Gasteiger partial charge in [0.25, 0.3) is 0 Å². The normalized spacial score (nSPS) is 28.7. The van der Waals surface area contributed by atoms with Crippen molar-refractivity contribution in [3.63, 3.8) is 0 Å². The van der Waals surface area contributed by atoms with E-state index in [4.69, 9.17) is 0 Å². The lowest BCUT2D eigenvalue weighted by Crippen LogP contribution is -2.46. The van der Waals surface area contributed by atoms with Crippen molar-refractivity contribution in [3.8, 4) is 0 Å². The van der Waals surface area contributed by atoms with Gasteiger partial charge in [0.15, 0.2) is 5.16 Å². The zero-order chi connectivity index (χ0) is 17.1. The minimum atomic E-state index is -0.133. The van der Waals surface area contributed by atoms with Crippen molar-refractivity contribution in [2.45, 2.75) is 88.7 Å². The molecule has 6 heteroatoms. The summed E-state index contributed by atoms with van der Waals surface area (Å²) >= 11 is 1.55. The van der Waals surface area contributed by atoms with E-state index in [1.54, 1.807) is 11.8 Å². The summed E-state index contributed by atoms with van der Waals surface area (Å²) in [6, 6.07) is 0.319. The van der Waals surface area contributed by atoms with Gasteiger partial charge >= 0.3 is 0 Å². The second kappa shape index (κ2) is 7.89. The standard InChI is InChI=1S/C18H30N4OS/c1-12-8-7-9-15(13(12)2)19-17(23)14(3)24-18-21-20-16-10-5-4-6-11-22(16)18/h12-15H,4-11H2,1-3H3,(H,19,23)/t12-,13+,14+,15+/m0/s1. The minimum absolute atomic E-state index is 0.133. The van der Waals surface area contributed by atoms with Gasteiger partial charge in [-0.05, 0) is 38.0 Å². The van der Waals surface area contributed by atoms with Crippen molar-refractivity contribution in [1.82, 2.24) is 20.1 Å². The van der Waals surface area contributed by atoms with Crippen LogP contribution in [0.15, 0.2) is 5.16 Å². The number of fused-ring (bicyclic) bond motifs is 1. The number of nitrogens with zero attached hydrogens (tertiary/aromatic N) is 3. The molecular weight excluding hydrogens is 320 g/mol. The highest BCUT2D eigenvalue weighted by Gasteiger charge is 2.30. The molecule has 1 aromatic heterocycles. The monoisotopic (exact) mass is 350 g/mol. The molecule has 1 fully saturated rings. The first kappa shape index (κ1) is 17.8. The van der Waals surface area contributed by atoms with Gasteiger partial charge in [-0.1, -0.05) is 44.9 Å². The average Bonchev–Trinajstić information content (AvgIpc) is 2.79. The predicted molar refractivity (Wildman–Crippen MR) is 97.0 cm³/mol. The Kier molecular flexibility index (Phi) is 5.85. The third-order valence-electron chi connectivity index (χ3n) is 5.76. The second-order valence-corrected chi connectivity index (χ2v) is 8.81.